The summed E-state index contributed by atoms with van der Waals surface area (Å²) in [5, 5.41) is 39.9. The number of aliphatic hydroxyl groups excluding tert-OH is 4. The van der Waals surface area contributed by atoms with Crippen LogP contribution in [0.15, 0.2) is 0 Å². The number of unbranched alkanes of at least 4 members (excludes halogenated alkanes) is 2. The predicted molar refractivity (Wildman–Crippen MR) is 55.4 cm³/mol. The molecular weight excluding hydrogens is 198 g/mol. The molecule has 0 amide bonds. The maximum absolute atomic E-state index is 9.64. The van der Waals surface area contributed by atoms with Crippen LogP contribution in [0.25, 0.3) is 0 Å². The first kappa shape index (κ1) is 12.9. The fourth-order valence-electron chi connectivity index (χ4n) is 1.90. The molecule has 0 spiro atoms. The normalized spacial score (nSPS) is 36.8. The third-order valence-electron chi connectivity index (χ3n) is 2.92. The van der Waals surface area contributed by atoms with Crippen molar-refractivity contribution in [1.82, 2.24) is 5.32 Å². The van der Waals surface area contributed by atoms with Crippen molar-refractivity contribution in [2.24, 2.45) is 0 Å². The van der Waals surface area contributed by atoms with E-state index in [9.17, 15) is 15.3 Å². The Hall–Kier alpha value is -0.200. The molecule has 0 aromatic heterocycles. The zero-order valence-electron chi connectivity index (χ0n) is 8.84. The molecule has 0 aromatic carbocycles. The summed E-state index contributed by atoms with van der Waals surface area (Å²) < 4.78 is 0. The maximum atomic E-state index is 9.64. The van der Waals surface area contributed by atoms with E-state index >= 15 is 0 Å². The summed E-state index contributed by atoms with van der Waals surface area (Å²) in [4.78, 5) is 0. The molecule has 4 unspecified atom stereocenters. The molecule has 0 saturated carbocycles. The van der Waals surface area contributed by atoms with Crippen LogP contribution >= 0.6 is 0 Å². The molecule has 1 aliphatic rings. The average molecular weight is 219 g/mol. The van der Waals surface area contributed by atoms with Crippen molar-refractivity contribution >= 4 is 0 Å². The highest BCUT2D eigenvalue weighted by Crippen LogP contribution is 2.15. The number of hydrogen-bond donors (Lipinski definition) is 5. The van der Waals surface area contributed by atoms with E-state index < -0.39 is 18.3 Å². The minimum absolute atomic E-state index is 0.151. The molecule has 5 heteroatoms. The molecule has 0 radical (unpaired) electrons. The van der Waals surface area contributed by atoms with Gasteiger partial charge < -0.3 is 25.7 Å². The monoisotopic (exact) mass is 219 g/mol. The van der Waals surface area contributed by atoms with Crippen LogP contribution in [0, 0.1) is 0 Å². The van der Waals surface area contributed by atoms with E-state index in [2.05, 4.69) is 5.32 Å². The highest BCUT2D eigenvalue weighted by molar-refractivity contribution is 4.91. The van der Waals surface area contributed by atoms with Gasteiger partial charge in [0, 0.05) is 19.2 Å². The summed E-state index contributed by atoms with van der Waals surface area (Å²) in [6.07, 6.45) is 0.516. The quantitative estimate of drug-likeness (QED) is 0.366. The molecule has 1 rings (SSSR count). The smallest absolute Gasteiger partial charge is 0.108 e. The van der Waals surface area contributed by atoms with Crippen molar-refractivity contribution in [1.29, 1.82) is 0 Å². The Bertz CT molecular complexity index is 179. The minimum Gasteiger partial charge on any atom is -0.396 e. The maximum Gasteiger partial charge on any atom is 0.108 e. The van der Waals surface area contributed by atoms with Gasteiger partial charge in [0.15, 0.2) is 0 Å². The van der Waals surface area contributed by atoms with Crippen molar-refractivity contribution in [3.63, 3.8) is 0 Å². The van der Waals surface area contributed by atoms with Gasteiger partial charge in [-0.05, 0) is 12.8 Å². The molecule has 90 valence electrons. The number of nitrogens with one attached hydrogen (secondary N) is 1. The average Bonchev–Trinajstić information content (AvgIpc) is 2.24. The highest BCUT2D eigenvalue weighted by atomic mass is 16.4. The van der Waals surface area contributed by atoms with Crippen molar-refractivity contribution in [2.75, 3.05) is 13.2 Å². The lowest BCUT2D eigenvalue weighted by molar-refractivity contribution is -0.0953. The van der Waals surface area contributed by atoms with E-state index in [1.165, 1.54) is 0 Å². The van der Waals surface area contributed by atoms with Gasteiger partial charge in [0.25, 0.3) is 0 Å². The lowest BCUT2D eigenvalue weighted by Gasteiger charge is -2.36. The molecule has 0 aromatic rings. The Morgan fingerprint density at radius 3 is 2.40 bits per heavy atom. The standard InChI is InChI=1S/C10H21NO4/c12-5-3-1-2-4-7-9(14)10(15)8(13)6-11-7/h7-15H,1-6H2. The number of piperidine rings is 1. The van der Waals surface area contributed by atoms with Crippen molar-refractivity contribution in [3.05, 3.63) is 0 Å². The van der Waals surface area contributed by atoms with Crippen LogP contribution in [0.5, 0.6) is 0 Å². The number of hydrogen-bond acceptors (Lipinski definition) is 5. The van der Waals surface area contributed by atoms with E-state index in [4.69, 9.17) is 5.11 Å². The van der Waals surface area contributed by atoms with E-state index in [-0.39, 0.29) is 12.6 Å². The van der Waals surface area contributed by atoms with Crippen molar-refractivity contribution in [3.8, 4) is 0 Å². The van der Waals surface area contributed by atoms with Gasteiger partial charge in [-0.15, -0.1) is 0 Å². The first-order valence-electron chi connectivity index (χ1n) is 5.55. The molecule has 1 aliphatic heterocycles. The van der Waals surface area contributed by atoms with E-state index in [0.717, 1.165) is 25.7 Å². The molecule has 0 bridgehead atoms. The minimum atomic E-state index is -1.05. The Balaban J connectivity index is 2.23. The largest absolute Gasteiger partial charge is 0.396 e. The Labute approximate surface area is 89.7 Å². The van der Waals surface area contributed by atoms with Gasteiger partial charge in [-0.25, -0.2) is 0 Å². The van der Waals surface area contributed by atoms with Crippen LogP contribution in [-0.4, -0.2) is 57.9 Å². The molecular formula is C10H21NO4. The second kappa shape index (κ2) is 6.40. The van der Waals surface area contributed by atoms with Gasteiger partial charge in [-0.3, -0.25) is 0 Å². The van der Waals surface area contributed by atoms with Crippen LogP contribution in [0.1, 0.15) is 25.7 Å². The molecule has 4 atom stereocenters. The van der Waals surface area contributed by atoms with Crippen molar-refractivity contribution < 1.29 is 20.4 Å². The summed E-state index contributed by atoms with van der Waals surface area (Å²) in [6.45, 7) is 0.519. The van der Waals surface area contributed by atoms with Gasteiger partial charge in [-0.2, -0.15) is 0 Å². The molecule has 1 heterocycles. The fourth-order valence-corrected chi connectivity index (χ4v) is 1.90. The molecule has 5 nitrogen and oxygen atoms in total. The van der Waals surface area contributed by atoms with Crippen LogP contribution in [0.3, 0.4) is 0 Å². The summed E-state index contributed by atoms with van der Waals surface area (Å²) in [7, 11) is 0. The Morgan fingerprint density at radius 2 is 1.73 bits per heavy atom. The van der Waals surface area contributed by atoms with E-state index in [1.54, 1.807) is 0 Å². The van der Waals surface area contributed by atoms with Crippen molar-refractivity contribution in [2.45, 2.75) is 50.0 Å². The third kappa shape index (κ3) is 3.70. The van der Waals surface area contributed by atoms with Crippen LogP contribution in [0.2, 0.25) is 0 Å². The highest BCUT2D eigenvalue weighted by Gasteiger charge is 2.35. The Morgan fingerprint density at radius 1 is 1.00 bits per heavy atom. The van der Waals surface area contributed by atoms with Gasteiger partial charge in [0.2, 0.25) is 0 Å². The SMILES string of the molecule is OCCCCCC1NCC(O)C(O)C1O. The van der Waals surface area contributed by atoms with E-state index in [1.807, 2.05) is 0 Å². The fraction of sp³-hybridized carbons (Fsp3) is 1.00. The van der Waals surface area contributed by atoms with Gasteiger partial charge >= 0.3 is 0 Å². The summed E-state index contributed by atoms with van der Waals surface area (Å²) in [6, 6.07) is -0.151. The topological polar surface area (TPSA) is 93.0 Å². The molecule has 0 aliphatic carbocycles. The van der Waals surface area contributed by atoms with Crippen LogP contribution < -0.4 is 5.32 Å². The second-order valence-electron chi connectivity index (χ2n) is 4.14. The van der Waals surface area contributed by atoms with Crippen LogP contribution in [-0.2, 0) is 0 Å². The Kier molecular flexibility index (Phi) is 5.49. The number of aliphatic hydroxyl groups is 4. The first-order valence-corrected chi connectivity index (χ1v) is 5.55. The first-order chi connectivity index (χ1) is 7.16. The summed E-state index contributed by atoms with van der Waals surface area (Å²) in [5.41, 5.74) is 0. The molecule has 1 saturated heterocycles. The zero-order chi connectivity index (χ0) is 11.3. The van der Waals surface area contributed by atoms with Gasteiger partial charge in [0.05, 0.1) is 12.2 Å². The lowest BCUT2D eigenvalue weighted by atomic mass is 9.92. The zero-order valence-corrected chi connectivity index (χ0v) is 8.84. The van der Waals surface area contributed by atoms with Crippen LogP contribution in [0.4, 0.5) is 0 Å². The molecule has 5 N–H and O–H groups in total. The lowest BCUT2D eigenvalue weighted by Crippen LogP contribution is -2.59. The second-order valence-corrected chi connectivity index (χ2v) is 4.14. The molecule has 1 fully saturated rings. The number of rotatable bonds is 5. The van der Waals surface area contributed by atoms with Gasteiger partial charge in [-0.1, -0.05) is 12.8 Å². The van der Waals surface area contributed by atoms with E-state index in [0.29, 0.717) is 6.54 Å². The third-order valence-corrected chi connectivity index (χ3v) is 2.92. The predicted octanol–water partition coefficient (Wildman–Crippen LogP) is -1.41. The molecule has 15 heavy (non-hydrogen) atoms. The summed E-state index contributed by atoms with van der Waals surface area (Å²) >= 11 is 0. The summed E-state index contributed by atoms with van der Waals surface area (Å²) in [5.74, 6) is 0. The van der Waals surface area contributed by atoms with Gasteiger partial charge in [0.1, 0.15) is 6.10 Å². The number of β-amino-alcohol motifs (C(OH)–C–C–N with tert-alkyl or cyclic N) is 1.